The maximum absolute atomic E-state index is 8.88. The van der Waals surface area contributed by atoms with Gasteiger partial charge in [-0.25, -0.2) is 4.57 Å². The molecule has 0 amide bonds. The molecule has 0 aliphatic carbocycles. The predicted octanol–water partition coefficient (Wildman–Crippen LogP) is 6.27. The average Bonchev–Trinajstić information content (AvgIpc) is 2.56. The summed E-state index contributed by atoms with van der Waals surface area (Å²) in [6.45, 7) is 4.59. The lowest BCUT2D eigenvalue weighted by atomic mass is 9.99. The summed E-state index contributed by atoms with van der Waals surface area (Å²) < 4.78 is 8.88. The van der Waals surface area contributed by atoms with Crippen LogP contribution in [0.2, 0.25) is 0 Å². The van der Waals surface area contributed by atoms with Gasteiger partial charge in [0.2, 0.25) is 0 Å². The zero-order valence-corrected chi connectivity index (χ0v) is 19.4. The van der Waals surface area contributed by atoms with Crippen LogP contribution in [0, 0.1) is 0 Å². The lowest BCUT2D eigenvalue weighted by molar-refractivity contribution is 0.251. The molecule has 0 aromatic heterocycles. The molecule has 0 rings (SSSR count). The summed E-state index contributed by atoms with van der Waals surface area (Å²) in [6, 6.07) is 0.825. The van der Waals surface area contributed by atoms with E-state index in [2.05, 4.69) is 32.8 Å². The summed E-state index contributed by atoms with van der Waals surface area (Å²) in [5, 5.41) is 0. The van der Waals surface area contributed by atoms with Gasteiger partial charge < -0.3 is 19.6 Å². The van der Waals surface area contributed by atoms with E-state index in [0.29, 0.717) is 0 Å². The van der Waals surface area contributed by atoms with Crippen molar-refractivity contribution in [1.29, 1.82) is 0 Å². The van der Waals surface area contributed by atoms with E-state index in [0.717, 1.165) is 6.04 Å². The quantitative estimate of drug-likeness (QED) is 0.195. The maximum Gasteiger partial charge on any atom is 0.466 e. The fourth-order valence-corrected chi connectivity index (χ4v) is 3.33. The Bertz CT molecular complexity index is 326. The molecule has 3 N–H and O–H groups in total. The molecule has 1 unspecified atom stereocenters. The van der Waals surface area contributed by atoms with Gasteiger partial charge in [-0.1, -0.05) is 104 Å². The molecule has 0 aliphatic rings. The van der Waals surface area contributed by atoms with Crippen molar-refractivity contribution in [3.63, 3.8) is 0 Å². The molecule has 0 radical (unpaired) electrons. The van der Waals surface area contributed by atoms with Crippen LogP contribution >= 0.6 is 7.82 Å². The van der Waals surface area contributed by atoms with Crippen molar-refractivity contribution in [3.8, 4) is 0 Å². The molecule has 0 aromatic carbocycles. The van der Waals surface area contributed by atoms with Gasteiger partial charge in [-0.3, -0.25) is 0 Å². The van der Waals surface area contributed by atoms with Gasteiger partial charge >= 0.3 is 7.82 Å². The standard InChI is InChI=1S/C21H45N.H3O4P/c1-5-7-9-11-13-14-16-18-20-21(22(3)4)19-17-15-12-10-8-6-2;1-5(2,3)4/h21H,5-20H2,1-4H3;(H3,1,2,3,4). The molecule has 27 heavy (non-hydrogen) atoms. The van der Waals surface area contributed by atoms with Crippen molar-refractivity contribution in [2.45, 2.75) is 123 Å². The Morgan fingerprint density at radius 3 is 1.15 bits per heavy atom. The van der Waals surface area contributed by atoms with Crippen LogP contribution in [0.4, 0.5) is 0 Å². The van der Waals surface area contributed by atoms with E-state index in [4.69, 9.17) is 19.2 Å². The van der Waals surface area contributed by atoms with Gasteiger partial charge in [-0.15, -0.1) is 0 Å². The van der Waals surface area contributed by atoms with Crippen molar-refractivity contribution in [2.75, 3.05) is 14.1 Å². The zero-order valence-electron chi connectivity index (χ0n) is 18.5. The fraction of sp³-hybridized carbons (Fsp3) is 1.00. The van der Waals surface area contributed by atoms with Crippen molar-refractivity contribution in [3.05, 3.63) is 0 Å². The lowest BCUT2D eigenvalue weighted by Gasteiger charge is -2.24. The molecule has 1 atom stereocenters. The number of unbranched alkanes of at least 4 members (excludes halogenated alkanes) is 12. The summed E-state index contributed by atoms with van der Waals surface area (Å²) in [7, 11) is -0.0982. The molecule has 0 heterocycles. The van der Waals surface area contributed by atoms with Crippen LogP contribution in [0.3, 0.4) is 0 Å². The molecule has 0 fully saturated rings. The molecule has 0 saturated heterocycles. The monoisotopic (exact) mass is 409 g/mol. The molecule has 0 bridgehead atoms. The van der Waals surface area contributed by atoms with Crippen LogP contribution in [0.25, 0.3) is 0 Å². The molecule has 0 aromatic rings. The Morgan fingerprint density at radius 1 is 0.630 bits per heavy atom. The SMILES string of the molecule is CCCCCCCCCCC(CCCCCCCC)N(C)C.O=P(O)(O)O. The van der Waals surface area contributed by atoms with Gasteiger partial charge in [0.1, 0.15) is 0 Å². The van der Waals surface area contributed by atoms with Crippen LogP contribution in [-0.2, 0) is 4.57 Å². The van der Waals surface area contributed by atoms with E-state index >= 15 is 0 Å². The molecule has 0 aliphatic heterocycles. The molecule has 0 saturated carbocycles. The Morgan fingerprint density at radius 2 is 0.889 bits per heavy atom. The van der Waals surface area contributed by atoms with Crippen molar-refractivity contribution >= 4 is 7.82 Å². The predicted molar refractivity (Wildman–Crippen MR) is 117 cm³/mol. The molecule has 5 nitrogen and oxygen atoms in total. The minimum atomic E-state index is -4.64. The first-order valence-electron chi connectivity index (χ1n) is 11.2. The molecular weight excluding hydrogens is 361 g/mol. The van der Waals surface area contributed by atoms with E-state index in [-0.39, 0.29) is 0 Å². The van der Waals surface area contributed by atoms with Gasteiger partial charge in [-0.05, 0) is 26.9 Å². The molecular formula is C21H48NO4P. The Kier molecular flexibility index (Phi) is 22.5. The zero-order chi connectivity index (χ0) is 21.0. The van der Waals surface area contributed by atoms with E-state index < -0.39 is 7.82 Å². The topological polar surface area (TPSA) is 81.0 Å². The van der Waals surface area contributed by atoms with Crippen LogP contribution < -0.4 is 0 Å². The van der Waals surface area contributed by atoms with Gasteiger partial charge in [-0.2, -0.15) is 0 Å². The Hall–Kier alpha value is 0.0700. The largest absolute Gasteiger partial charge is 0.466 e. The molecule has 0 spiro atoms. The van der Waals surface area contributed by atoms with Crippen molar-refractivity contribution in [1.82, 2.24) is 4.90 Å². The van der Waals surface area contributed by atoms with Crippen LogP contribution in [0.1, 0.15) is 117 Å². The number of hydrogen-bond acceptors (Lipinski definition) is 2. The third-order valence-corrected chi connectivity index (χ3v) is 5.01. The number of nitrogens with zero attached hydrogens (tertiary/aromatic N) is 1. The highest BCUT2D eigenvalue weighted by atomic mass is 31.2. The third kappa shape index (κ3) is 31.0. The van der Waals surface area contributed by atoms with E-state index in [1.165, 1.54) is 103 Å². The number of phosphoric acid groups is 1. The second-order valence-corrected chi connectivity index (χ2v) is 8.98. The summed E-state index contributed by atoms with van der Waals surface area (Å²) in [4.78, 5) is 24.0. The van der Waals surface area contributed by atoms with Crippen LogP contribution in [-0.4, -0.2) is 39.7 Å². The number of hydrogen-bond donors (Lipinski definition) is 3. The van der Waals surface area contributed by atoms with Gasteiger partial charge in [0, 0.05) is 6.04 Å². The minimum Gasteiger partial charge on any atom is -0.306 e. The number of rotatable bonds is 17. The summed E-state index contributed by atoms with van der Waals surface area (Å²) >= 11 is 0. The van der Waals surface area contributed by atoms with Crippen molar-refractivity contribution < 1.29 is 19.2 Å². The fourth-order valence-electron chi connectivity index (χ4n) is 3.33. The first kappa shape index (κ1) is 29.3. The van der Waals surface area contributed by atoms with E-state index in [9.17, 15) is 0 Å². The smallest absolute Gasteiger partial charge is 0.306 e. The second kappa shape index (κ2) is 20.8. The average molecular weight is 410 g/mol. The Balaban J connectivity index is 0. The lowest BCUT2D eigenvalue weighted by Crippen LogP contribution is -2.27. The minimum absolute atomic E-state index is 0.825. The third-order valence-electron chi connectivity index (χ3n) is 5.01. The van der Waals surface area contributed by atoms with E-state index in [1.54, 1.807) is 0 Å². The van der Waals surface area contributed by atoms with Crippen LogP contribution in [0.5, 0.6) is 0 Å². The molecule has 166 valence electrons. The normalized spacial score (nSPS) is 12.7. The Labute approximate surface area is 169 Å². The highest BCUT2D eigenvalue weighted by Gasteiger charge is 2.10. The first-order chi connectivity index (χ1) is 12.7. The summed E-state index contributed by atoms with van der Waals surface area (Å²) in [5.41, 5.74) is 0. The van der Waals surface area contributed by atoms with Gasteiger partial charge in [0.05, 0.1) is 0 Å². The van der Waals surface area contributed by atoms with Gasteiger partial charge in [0.25, 0.3) is 0 Å². The van der Waals surface area contributed by atoms with Crippen LogP contribution in [0.15, 0.2) is 0 Å². The first-order valence-corrected chi connectivity index (χ1v) is 12.7. The second-order valence-electron chi connectivity index (χ2n) is 7.95. The highest BCUT2D eigenvalue weighted by Crippen LogP contribution is 2.25. The van der Waals surface area contributed by atoms with Crippen molar-refractivity contribution in [2.24, 2.45) is 0 Å². The van der Waals surface area contributed by atoms with E-state index in [1.807, 2.05) is 0 Å². The summed E-state index contributed by atoms with van der Waals surface area (Å²) in [5.74, 6) is 0. The molecule has 6 heteroatoms. The highest BCUT2D eigenvalue weighted by molar-refractivity contribution is 7.45. The maximum atomic E-state index is 8.88. The van der Waals surface area contributed by atoms with Gasteiger partial charge in [0.15, 0.2) is 0 Å². The summed E-state index contributed by atoms with van der Waals surface area (Å²) in [6.07, 6.45) is 22.9.